The van der Waals surface area contributed by atoms with E-state index < -0.39 is 0 Å². The maximum absolute atomic E-state index is 12.2. The highest BCUT2D eigenvalue weighted by Crippen LogP contribution is 2.19. The Bertz CT molecular complexity index is 631. The molecule has 2 rings (SSSR count). The van der Waals surface area contributed by atoms with Crippen LogP contribution in [0.15, 0.2) is 36.7 Å². The molecule has 1 heterocycles. The number of Topliss-reactive ketones (excluding diaryl/α,β-unsaturated/α-hetero) is 1. The number of rotatable bonds is 7. The van der Waals surface area contributed by atoms with Gasteiger partial charge in [0.05, 0.1) is 13.0 Å². The van der Waals surface area contributed by atoms with E-state index >= 15 is 0 Å². The number of carbonyl (C=O) groups excluding carboxylic acids is 2. The largest absolute Gasteiger partial charge is 0.466 e. The first-order chi connectivity index (χ1) is 10.2. The third-order valence-electron chi connectivity index (χ3n) is 3.29. The van der Waals surface area contributed by atoms with Crippen LogP contribution in [0.1, 0.15) is 43.0 Å². The molecule has 0 aliphatic rings. The predicted molar refractivity (Wildman–Crippen MR) is 81.2 cm³/mol. The highest BCUT2D eigenvalue weighted by atomic mass is 16.5. The number of unbranched alkanes of at least 4 members (excludes halogenated alkanes) is 1. The van der Waals surface area contributed by atoms with Gasteiger partial charge in [0.1, 0.15) is 0 Å². The molecule has 0 fully saturated rings. The van der Waals surface area contributed by atoms with Crippen molar-refractivity contribution in [3.63, 3.8) is 0 Å². The SMILES string of the molecule is CCCCOC(=O)CCC(=O)c1cncc2ccccc12. The smallest absolute Gasteiger partial charge is 0.306 e. The molecule has 0 aliphatic heterocycles. The number of pyridine rings is 1. The molecule has 0 radical (unpaired) electrons. The van der Waals surface area contributed by atoms with Gasteiger partial charge in [-0.25, -0.2) is 0 Å². The minimum absolute atomic E-state index is 0.0771. The summed E-state index contributed by atoms with van der Waals surface area (Å²) in [4.78, 5) is 27.9. The second-order valence-corrected chi connectivity index (χ2v) is 4.91. The molecule has 0 unspecified atom stereocenters. The first-order valence-electron chi connectivity index (χ1n) is 7.24. The predicted octanol–water partition coefficient (Wildman–Crippen LogP) is 3.54. The molecule has 21 heavy (non-hydrogen) atoms. The molecule has 0 bridgehead atoms. The van der Waals surface area contributed by atoms with Gasteiger partial charge in [0.25, 0.3) is 0 Å². The number of aromatic nitrogens is 1. The normalized spacial score (nSPS) is 10.5. The number of nitrogens with zero attached hydrogens (tertiary/aromatic N) is 1. The number of hydrogen-bond acceptors (Lipinski definition) is 4. The van der Waals surface area contributed by atoms with Crippen LogP contribution in [-0.4, -0.2) is 23.3 Å². The quantitative estimate of drug-likeness (QED) is 0.443. The van der Waals surface area contributed by atoms with E-state index in [1.807, 2.05) is 31.2 Å². The Morgan fingerprint density at radius 1 is 1.14 bits per heavy atom. The molecule has 0 N–H and O–H groups in total. The van der Waals surface area contributed by atoms with Crippen molar-refractivity contribution in [2.75, 3.05) is 6.61 Å². The average molecular weight is 285 g/mol. The zero-order chi connectivity index (χ0) is 15.1. The van der Waals surface area contributed by atoms with Crippen molar-refractivity contribution in [3.05, 3.63) is 42.2 Å². The molecule has 1 aromatic heterocycles. The summed E-state index contributed by atoms with van der Waals surface area (Å²) in [5.74, 6) is -0.392. The molecule has 0 saturated heterocycles. The monoisotopic (exact) mass is 285 g/mol. The second kappa shape index (κ2) is 7.53. The zero-order valence-corrected chi connectivity index (χ0v) is 12.2. The molecule has 0 aliphatic carbocycles. The minimum atomic E-state index is -0.315. The van der Waals surface area contributed by atoms with Gasteiger partial charge in [-0.1, -0.05) is 37.6 Å². The van der Waals surface area contributed by atoms with Gasteiger partial charge in [0.2, 0.25) is 0 Å². The fourth-order valence-electron chi connectivity index (χ4n) is 2.09. The maximum Gasteiger partial charge on any atom is 0.306 e. The maximum atomic E-state index is 12.2. The van der Waals surface area contributed by atoms with Gasteiger partial charge in [0.15, 0.2) is 5.78 Å². The molecule has 1 aromatic carbocycles. The molecule has 0 spiro atoms. The van der Waals surface area contributed by atoms with Crippen LogP contribution in [0.4, 0.5) is 0 Å². The topological polar surface area (TPSA) is 56.3 Å². The summed E-state index contributed by atoms with van der Waals surface area (Å²) in [6.45, 7) is 2.46. The summed E-state index contributed by atoms with van der Waals surface area (Å²) in [7, 11) is 0. The number of ether oxygens (including phenoxy) is 1. The fourth-order valence-corrected chi connectivity index (χ4v) is 2.09. The highest BCUT2D eigenvalue weighted by Gasteiger charge is 2.13. The van der Waals surface area contributed by atoms with E-state index in [9.17, 15) is 9.59 Å². The number of ketones is 1. The summed E-state index contributed by atoms with van der Waals surface area (Å²) in [6.07, 6.45) is 5.39. The number of esters is 1. The average Bonchev–Trinajstić information content (AvgIpc) is 2.52. The van der Waals surface area contributed by atoms with Crippen LogP contribution < -0.4 is 0 Å². The lowest BCUT2D eigenvalue weighted by Crippen LogP contribution is -2.09. The molecule has 4 heteroatoms. The number of benzene rings is 1. The summed E-state index contributed by atoms with van der Waals surface area (Å²) in [6, 6.07) is 7.60. The van der Waals surface area contributed by atoms with E-state index in [0.29, 0.717) is 12.2 Å². The number of carbonyl (C=O) groups is 2. The van der Waals surface area contributed by atoms with Crippen molar-refractivity contribution < 1.29 is 14.3 Å². The van der Waals surface area contributed by atoms with Crippen LogP contribution in [0.25, 0.3) is 10.8 Å². The van der Waals surface area contributed by atoms with Gasteiger partial charge in [-0.05, 0) is 11.8 Å². The van der Waals surface area contributed by atoms with Gasteiger partial charge in [0, 0.05) is 29.8 Å². The standard InChI is InChI=1S/C17H19NO3/c1-2-3-10-21-17(20)9-8-16(19)15-12-18-11-13-6-4-5-7-14(13)15/h4-7,11-12H,2-3,8-10H2,1H3. The Morgan fingerprint density at radius 2 is 1.95 bits per heavy atom. The van der Waals surface area contributed by atoms with Crippen LogP contribution in [0, 0.1) is 0 Å². The Labute approximate surface area is 124 Å². The Hall–Kier alpha value is -2.23. The first kappa shape index (κ1) is 15.2. The van der Waals surface area contributed by atoms with Gasteiger partial charge in [-0.3, -0.25) is 14.6 Å². The van der Waals surface area contributed by atoms with Gasteiger partial charge in [-0.15, -0.1) is 0 Å². The van der Waals surface area contributed by atoms with Crippen LogP contribution in [0.3, 0.4) is 0 Å². The van der Waals surface area contributed by atoms with E-state index in [2.05, 4.69) is 4.98 Å². The lowest BCUT2D eigenvalue weighted by molar-refractivity contribution is -0.143. The molecular weight excluding hydrogens is 266 g/mol. The van der Waals surface area contributed by atoms with Crippen molar-refractivity contribution in [1.29, 1.82) is 0 Å². The first-order valence-corrected chi connectivity index (χ1v) is 7.24. The van der Waals surface area contributed by atoms with Crippen LogP contribution in [0.5, 0.6) is 0 Å². The van der Waals surface area contributed by atoms with E-state index in [1.165, 1.54) is 0 Å². The molecule has 110 valence electrons. The third-order valence-corrected chi connectivity index (χ3v) is 3.29. The molecule has 0 amide bonds. The lowest BCUT2D eigenvalue weighted by Gasteiger charge is -2.06. The van der Waals surface area contributed by atoms with E-state index in [-0.39, 0.29) is 24.6 Å². The number of hydrogen-bond donors (Lipinski definition) is 0. The summed E-state index contributed by atoms with van der Waals surface area (Å²) < 4.78 is 5.05. The summed E-state index contributed by atoms with van der Waals surface area (Å²) >= 11 is 0. The fraction of sp³-hybridized carbons (Fsp3) is 0.353. The van der Waals surface area contributed by atoms with Crippen molar-refractivity contribution in [2.24, 2.45) is 0 Å². The van der Waals surface area contributed by atoms with Crippen molar-refractivity contribution in [3.8, 4) is 0 Å². The van der Waals surface area contributed by atoms with E-state index in [1.54, 1.807) is 12.4 Å². The Morgan fingerprint density at radius 3 is 2.76 bits per heavy atom. The molecule has 0 atom stereocenters. The Balaban J connectivity index is 1.98. The summed E-state index contributed by atoms with van der Waals surface area (Å²) in [5, 5.41) is 1.80. The summed E-state index contributed by atoms with van der Waals surface area (Å²) in [5.41, 5.74) is 0.564. The van der Waals surface area contributed by atoms with Crippen molar-refractivity contribution in [2.45, 2.75) is 32.6 Å². The van der Waals surface area contributed by atoms with Crippen molar-refractivity contribution >= 4 is 22.5 Å². The highest BCUT2D eigenvalue weighted by molar-refractivity contribution is 6.08. The van der Waals surface area contributed by atoms with Crippen LogP contribution >= 0.6 is 0 Å². The molecule has 2 aromatic rings. The third kappa shape index (κ3) is 4.12. The number of fused-ring (bicyclic) bond motifs is 1. The Kier molecular flexibility index (Phi) is 5.43. The molecule has 4 nitrogen and oxygen atoms in total. The van der Waals surface area contributed by atoms with E-state index in [4.69, 9.17) is 4.74 Å². The van der Waals surface area contributed by atoms with Gasteiger partial charge < -0.3 is 4.74 Å². The minimum Gasteiger partial charge on any atom is -0.466 e. The van der Waals surface area contributed by atoms with E-state index in [0.717, 1.165) is 23.6 Å². The van der Waals surface area contributed by atoms with Crippen molar-refractivity contribution in [1.82, 2.24) is 4.98 Å². The molecule has 0 saturated carbocycles. The second-order valence-electron chi connectivity index (χ2n) is 4.91. The molecular formula is C17H19NO3. The van der Waals surface area contributed by atoms with Crippen LogP contribution in [0.2, 0.25) is 0 Å². The van der Waals surface area contributed by atoms with Gasteiger partial charge in [-0.2, -0.15) is 0 Å². The van der Waals surface area contributed by atoms with Crippen LogP contribution in [-0.2, 0) is 9.53 Å². The lowest BCUT2D eigenvalue weighted by atomic mass is 10.0. The van der Waals surface area contributed by atoms with Gasteiger partial charge >= 0.3 is 5.97 Å². The zero-order valence-electron chi connectivity index (χ0n) is 12.2.